The molecule has 0 aliphatic rings. The Morgan fingerprint density at radius 3 is 2.61 bits per heavy atom. The molecule has 0 fully saturated rings. The van der Waals surface area contributed by atoms with Crippen LogP contribution in [0.4, 0.5) is 5.69 Å². The Hall–Kier alpha value is -2.27. The van der Waals surface area contributed by atoms with Crippen LogP contribution in [-0.2, 0) is 6.54 Å². The summed E-state index contributed by atoms with van der Waals surface area (Å²) in [7, 11) is 0. The van der Waals surface area contributed by atoms with Gasteiger partial charge >= 0.3 is 0 Å². The van der Waals surface area contributed by atoms with Gasteiger partial charge in [-0.05, 0) is 18.6 Å². The minimum absolute atomic E-state index is 0.676. The Morgan fingerprint density at radius 1 is 1.17 bits per heavy atom. The van der Waals surface area contributed by atoms with Crippen molar-refractivity contribution < 1.29 is 0 Å². The van der Waals surface area contributed by atoms with E-state index in [1.807, 2.05) is 36.4 Å². The molecule has 2 rings (SSSR count). The highest BCUT2D eigenvalue weighted by Crippen LogP contribution is 2.20. The zero-order valence-corrected chi connectivity index (χ0v) is 10.4. The lowest BCUT2D eigenvalue weighted by Crippen LogP contribution is -2.22. The summed E-state index contributed by atoms with van der Waals surface area (Å²) in [6.45, 7) is 3.74. The molecule has 2 heteroatoms. The van der Waals surface area contributed by atoms with Gasteiger partial charge in [0.2, 0.25) is 0 Å². The average Bonchev–Trinajstić information content (AvgIpc) is 2.46. The number of hydrogen-bond acceptors (Lipinski definition) is 2. The highest BCUT2D eigenvalue weighted by Gasteiger charge is 2.09. The van der Waals surface area contributed by atoms with Gasteiger partial charge in [-0.2, -0.15) is 5.26 Å². The van der Waals surface area contributed by atoms with E-state index in [4.69, 9.17) is 5.26 Å². The predicted molar refractivity (Wildman–Crippen MR) is 73.2 cm³/mol. The third-order valence-electron chi connectivity index (χ3n) is 2.87. The van der Waals surface area contributed by atoms with E-state index in [0.29, 0.717) is 5.56 Å². The summed E-state index contributed by atoms with van der Waals surface area (Å²) in [6, 6.07) is 21.2. The van der Waals surface area contributed by atoms with Gasteiger partial charge in [0, 0.05) is 19.2 Å². The third-order valence-corrected chi connectivity index (χ3v) is 2.87. The van der Waals surface area contributed by atoms with Gasteiger partial charge in [0.15, 0.2) is 0 Å². The fourth-order valence-corrected chi connectivity index (χ4v) is 1.93. The van der Waals surface area contributed by atoms with Crippen LogP contribution in [0.5, 0.6) is 0 Å². The molecule has 2 aromatic carbocycles. The van der Waals surface area contributed by atoms with Crippen LogP contribution in [0, 0.1) is 17.4 Å². The van der Waals surface area contributed by atoms with E-state index >= 15 is 0 Å². The maximum atomic E-state index is 9.13. The fourth-order valence-electron chi connectivity index (χ4n) is 1.93. The Balaban J connectivity index is 2.27. The number of nitrogens with zero attached hydrogens (tertiary/aromatic N) is 2. The van der Waals surface area contributed by atoms with Crippen molar-refractivity contribution in [2.75, 3.05) is 11.4 Å². The second kappa shape index (κ2) is 5.88. The van der Waals surface area contributed by atoms with Crippen molar-refractivity contribution in [1.29, 1.82) is 5.26 Å². The lowest BCUT2D eigenvalue weighted by atomic mass is 10.1. The van der Waals surface area contributed by atoms with E-state index in [1.54, 1.807) is 0 Å². The van der Waals surface area contributed by atoms with Gasteiger partial charge in [-0.15, -0.1) is 0 Å². The van der Waals surface area contributed by atoms with E-state index in [9.17, 15) is 0 Å². The van der Waals surface area contributed by atoms with Crippen LogP contribution in [0.1, 0.15) is 18.1 Å². The summed E-state index contributed by atoms with van der Waals surface area (Å²) < 4.78 is 0. The van der Waals surface area contributed by atoms with Crippen LogP contribution in [0.3, 0.4) is 0 Å². The molecule has 0 N–H and O–H groups in total. The summed E-state index contributed by atoms with van der Waals surface area (Å²) in [6.07, 6.45) is 0. The van der Waals surface area contributed by atoms with Gasteiger partial charge in [-0.3, -0.25) is 0 Å². The molecule has 0 amide bonds. The first-order chi connectivity index (χ1) is 8.85. The molecule has 0 saturated heterocycles. The van der Waals surface area contributed by atoms with Gasteiger partial charge in [0.25, 0.3) is 0 Å². The molecule has 1 radical (unpaired) electrons. The molecule has 0 saturated carbocycles. The van der Waals surface area contributed by atoms with Crippen LogP contribution >= 0.6 is 0 Å². The molecule has 0 bridgehead atoms. The molecule has 0 aliphatic carbocycles. The normalized spacial score (nSPS) is 9.78. The van der Waals surface area contributed by atoms with Crippen molar-refractivity contribution in [3.63, 3.8) is 0 Å². The number of para-hydroxylation sites is 1. The zero-order valence-electron chi connectivity index (χ0n) is 10.4. The summed E-state index contributed by atoms with van der Waals surface area (Å²) in [5.41, 5.74) is 2.79. The average molecular weight is 235 g/mol. The molecule has 0 spiro atoms. The molecular formula is C16H15N2. The first kappa shape index (κ1) is 12.2. The van der Waals surface area contributed by atoms with Crippen LogP contribution in [0.15, 0.2) is 48.5 Å². The Bertz CT molecular complexity index is 541. The number of benzene rings is 2. The highest BCUT2D eigenvalue weighted by atomic mass is 15.1. The monoisotopic (exact) mass is 235 g/mol. The van der Waals surface area contributed by atoms with E-state index in [1.165, 1.54) is 5.56 Å². The van der Waals surface area contributed by atoms with Gasteiger partial charge in [0.05, 0.1) is 11.3 Å². The van der Waals surface area contributed by atoms with E-state index in [2.05, 4.69) is 36.1 Å². The molecule has 89 valence electrons. The quantitative estimate of drug-likeness (QED) is 0.812. The van der Waals surface area contributed by atoms with E-state index in [-0.39, 0.29) is 0 Å². The van der Waals surface area contributed by atoms with Crippen LogP contribution < -0.4 is 4.90 Å². The lowest BCUT2D eigenvalue weighted by Gasteiger charge is -2.23. The van der Waals surface area contributed by atoms with Gasteiger partial charge in [-0.25, -0.2) is 0 Å². The predicted octanol–water partition coefficient (Wildman–Crippen LogP) is 3.38. The SMILES string of the molecule is CCN(Cc1ccccc1)c1[c]cccc1C#N. The fraction of sp³-hybridized carbons (Fsp3) is 0.188. The second-order valence-electron chi connectivity index (χ2n) is 4.04. The van der Waals surface area contributed by atoms with Crippen molar-refractivity contribution in [2.45, 2.75) is 13.5 Å². The molecular weight excluding hydrogens is 220 g/mol. The molecule has 2 nitrogen and oxygen atoms in total. The molecule has 0 aliphatic heterocycles. The number of hydrogen-bond donors (Lipinski definition) is 0. The summed E-state index contributed by atoms with van der Waals surface area (Å²) in [4.78, 5) is 2.16. The summed E-state index contributed by atoms with van der Waals surface area (Å²) in [5, 5.41) is 9.13. The minimum atomic E-state index is 0.676. The summed E-state index contributed by atoms with van der Waals surface area (Å²) in [5.74, 6) is 0. The van der Waals surface area contributed by atoms with Crippen molar-refractivity contribution >= 4 is 5.69 Å². The highest BCUT2D eigenvalue weighted by molar-refractivity contribution is 5.58. The molecule has 0 aromatic heterocycles. The maximum Gasteiger partial charge on any atom is 0.101 e. The Kier molecular flexibility index (Phi) is 3.98. The topological polar surface area (TPSA) is 27.0 Å². The largest absolute Gasteiger partial charge is 0.366 e. The smallest absolute Gasteiger partial charge is 0.101 e. The van der Waals surface area contributed by atoms with Crippen LogP contribution in [-0.4, -0.2) is 6.54 Å². The standard InChI is InChI=1S/C16H15N2/c1-2-18(13-14-8-4-3-5-9-14)16-11-7-6-10-15(16)12-17/h3-10H,2,13H2,1H3. The lowest BCUT2D eigenvalue weighted by molar-refractivity contribution is 0.829. The summed E-state index contributed by atoms with van der Waals surface area (Å²) >= 11 is 0. The van der Waals surface area contributed by atoms with Crippen molar-refractivity contribution in [3.05, 3.63) is 65.7 Å². The van der Waals surface area contributed by atoms with E-state index in [0.717, 1.165) is 18.8 Å². The number of rotatable bonds is 4. The second-order valence-corrected chi connectivity index (χ2v) is 4.04. The number of nitriles is 1. The van der Waals surface area contributed by atoms with Crippen LogP contribution in [0.2, 0.25) is 0 Å². The molecule has 2 aromatic rings. The van der Waals surface area contributed by atoms with Crippen LogP contribution in [0.25, 0.3) is 0 Å². The maximum absolute atomic E-state index is 9.13. The van der Waals surface area contributed by atoms with Crippen molar-refractivity contribution in [3.8, 4) is 6.07 Å². The van der Waals surface area contributed by atoms with Crippen molar-refractivity contribution in [2.24, 2.45) is 0 Å². The Morgan fingerprint density at radius 2 is 1.94 bits per heavy atom. The molecule has 0 heterocycles. The van der Waals surface area contributed by atoms with Crippen molar-refractivity contribution in [1.82, 2.24) is 0 Å². The van der Waals surface area contributed by atoms with Gasteiger partial charge < -0.3 is 4.90 Å². The van der Waals surface area contributed by atoms with E-state index < -0.39 is 0 Å². The number of anilines is 1. The molecule has 0 atom stereocenters. The zero-order chi connectivity index (χ0) is 12.8. The molecule has 0 unspecified atom stereocenters. The first-order valence-electron chi connectivity index (χ1n) is 6.05. The minimum Gasteiger partial charge on any atom is -0.366 e. The van der Waals surface area contributed by atoms with Gasteiger partial charge in [0.1, 0.15) is 6.07 Å². The van der Waals surface area contributed by atoms with Gasteiger partial charge in [-0.1, -0.05) is 42.5 Å². The first-order valence-corrected chi connectivity index (χ1v) is 6.05. The Labute approximate surface area is 108 Å². The molecule has 18 heavy (non-hydrogen) atoms. The third kappa shape index (κ3) is 2.70.